The van der Waals surface area contributed by atoms with Gasteiger partial charge < -0.3 is 0 Å². The van der Waals surface area contributed by atoms with E-state index in [2.05, 4.69) is 0 Å². The second-order valence-electron chi connectivity index (χ2n) is 1.06. The molecule has 0 nitrogen and oxygen atoms in total. The minimum atomic E-state index is 0. The van der Waals surface area contributed by atoms with Gasteiger partial charge in [-0.2, -0.15) is 0 Å². The zero-order chi connectivity index (χ0) is 2.12. The van der Waals surface area contributed by atoms with Gasteiger partial charge in [-0.15, -0.1) is 0 Å². The molecule has 1 aliphatic rings. The summed E-state index contributed by atoms with van der Waals surface area (Å²) in [6, 6.07) is 0. The van der Waals surface area contributed by atoms with Crippen molar-refractivity contribution in [2.75, 3.05) is 0 Å². The van der Waals surface area contributed by atoms with E-state index in [1.165, 1.54) is 19.3 Å². The summed E-state index contributed by atoms with van der Waals surface area (Å²) in [6.45, 7) is 0. The van der Waals surface area contributed by atoms with Gasteiger partial charge in [0.15, 0.2) is 0 Å². The van der Waals surface area contributed by atoms with Crippen LogP contribution in [0.5, 0.6) is 0 Å². The van der Waals surface area contributed by atoms with E-state index >= 15 is 0 Å². The van der Waals surface area contributed by atoms with Crippen LogP contribution in [0.25, 0.3) is 0 Å². The van der Waals surface area contributed by atoms with E-state index in [-0.39, 0.29) is 51.4 Å². The van der Waals surface area contributed by atoms with Crippen molar-refractivity contribution in [3.8, 4) is 0 Å². The SMILES string of the molecule is C1CC1.[KH]. The third-order valence-corrected chi connectivity index (χ3v) is 0.354. The molecule has 1 fully saturated rings. The number of hydrogen-bond acceptors (Lipinski definition) is 0. The Hall–Kier alpha value is 1.64. The van der Waals surface area contributed by atoms with Gasteiger partial charge in [-0.05, 0) is 0 Å². The molecule has 1 heteroatoms. The first-order chi connectivity index (χ1) is 1.50. The van der Waals surface area contributed by atoms with Crippen LogP contribution < -0.4 is 0 Å². The van der Waals surface area contributed by atoms with Crippen molar-refractivity contribution < 1.29 is 0 Å². The minimum absolute atomic E-state index is 0. The van der Waals surface area contributed by atoms with E-state index in [0.717, 1.165) is 0 Å². The van der Waals surface area contributed by atoms with Crippen LogP contribution in [0.3, 0.4) is 0 Å². The molecule has 1 saturated carbocycles. The van der Waals surface area contributed by atoms with Crippen LogP contribution in [-0.2, 0) is 0 Å². The third-order valence-electron chi connectivity index (χ3n) is 0.354. The van der Waals surface area contributed by atoms with Gasteiger partial charge >= 0.3 is 51.4 Å². The topological polar surface area (TPSA) is 0 Å². The van der Waals surface area contributed by atoms with Crippen molar-refractivity contribution in [2.24, 2.45) is 0 Å². The first-order valence-electron chi connectivity index (χ1n) is 1.50. The first-order valence-corrected chi connectivity index (χ1v) is 1.50. The van der Waals surface area contributed by atoms with Gasteiger partial charge in [0, 0.05) is 0 Å². The monoisotopic (exact) mass is 82.0 g/mol. The summed E-state index contributed by atoms with van der Waals surface area (Å²) in [5.41, 5.74) is 0. The summed E-state index contributed by atoms with van der Waals surface area (Å²) in [6.07, 6.45) is 4.50. The van der Waals surface area contributed by atoms with E-state index in [1.54, 1.807) is 0 Å². The van der Waals surface area contributed by atoms with Crippen LogP contribution in [0.4, 0.5) is 0 Å². The molecule has 0 bridgehead atoms. The summed E-state index contributed by atoms with van der Waals surface area (Å²) in [7, 11) is 0. The molecule has 0 radical (unpaired) electrons. The maximum absolute atomic E-state index is 1.50. The van der Waals surface area contributed by atoms with Gasteiger partial charge in [0.2, 0.25) is 0 Å². The van der Waals surface area contributed by atoms with E-state index in [1.807, 2.05) is 0 Å². The molecule has 20 valence electrons. The molecule has 0 aromatic carbocycles. The van der Waals surface area contributed by atoms with Crippen LogP contribution in [0.2, 0.25) is 0 Å². The molecule has 0 N–H and O–H groups in total. The molecule has 1 aliphatic carbocycles. The number of rotatable bonds is 0. The van der Waals surface area contributed by atoms with Gasteiger partial charge in [-0.3, -0.25) is 0 Å². The molecular weight excluding hydrogens is 75.1 g/mol. The summed E-state index contributed by atoms with van der Waals surface area (Å²) in [5.74, 6) is 0. The summed E-state index contributed by atoms with van der Waals surface area (Å²) in [5, 5.41) is 0. The fraction of sp³-hybridized carbons (Fsp3) is 1.00. The van der Waals surface area contributed by atoms with E-state index in [0.29, 0.717) is 0 Å². The molecule has 0 aromatic heterocycles. The molecule has 0 heterocycles. The number of hydrogen-bond donors (Lipinski definition) is 0. The first kappa shape index (κ1) is 5.64. The van der Waals surface area contributed by atoms with Crippen LogP contribution >= 0.6 is 0 Å². The molecule has 4 heavy (non-hydrogen) atoms. The van der Waals surface area contributed by atoms with Crippen molar-refractivity contribution in [3.63, 3.8) is 0 Å². The molecule has 1 rings (SSSR count). The van der Waals surface area contributed by atoms with E-state index < -0.39 is 0 Å². The molecule has 0 aromatic rings. The summed E-state index contributed by atoms with van der Waals surface area (Å²) in [4.78, 5) is 0. The molecule has 0 saturated heterocycles. The molecule has 0 atom stereocenters. The van der Waals surface area contributed by atoms with Gasteiger partial charge in [0.05, 0.1) is 0 Å². The van der Waals surface area contributed by atoms with Crippen molar-refractivity contribution >= 4 is 51.4 Å². The Morgan fingerprint density at radius 3 is 1.00 bits per heavy atom. The van der Waals surface area contributed by atoms with Crippen LogP contribution in [0, 0.1) is 0 Å². The Morgan fingerprint density at radius 2 is 1.00 bits per heavy atom. The predicted octanol–water partition coefficient (Wildman–Crippen LogP) is 0.522. The maximum atomic E-state index is 1.50. The fourth-order valence-corrected chi connectivity index (χ4v) is 0. The summed E-state index contributed by atoms with van der Waals surface area (Å²) >= 11 is 0. The molecular formula is C3H7K. The normalized spacial score (nSPS) is 18.0. The zero-order valence-electron chi connectivity index (χ0n) is 2.12. The third kappa shape index (κ3) is 3.64. The average molecular weight is 82.2 g/mol. The van der Waals surface area contributed by atoms with Crippen molar-refractivity contribution in [1.29, 1.82) is 0 Å². The molecule has 0 amide bonds. The Bertz CT molecular complexity index is 8.00. The molecule has 0 aliphatic heterocycles. The standard InChI is InChI=1S/C3H6.K.H/c1-2-3-1;;/h1-3H2;;. The molecule has 0 unspecified atom stereocenters. The van der Waals surface area contributed by atoms with Crippen molar-refractivity contribution in [3.05, 3.63) is 0 Å². The van der Waals surface area contributed by atoms with Crippen LogP contribution in [-0.4, -0.2) is 51.4 Å². The van der Waals surface area contributed by atoms with Crippen LogP contribution in [0.15, 0.2) is 0 Å². The van der Waals surface area contributed by atoms with Crippen LogP contribution in [0.1, 0.15) is 19.3 Å². The van der Waals surface area contributed by atoms with Gasteiger partial charge in [-0.25, -0.2) is 0 Å². The Balaban J connectivity index is 0.0000000900. The Morgan fingerprint density at radius 1 is 0.750 bits per heavy atom. The van der Waals surface area contributed by atoms with Gasteiger partial charge in [-0.1, -0.05) is 19.3 Å². The van der Waals surface area contributed by atoms with Crippen molar-refractivity contribution in [2.45, 2.75) is 19.3 Å². The van der Waals surface area contributed by atoms with Crippen molar-refractivity contribution in [1.82, 2.24) is 0 Å². The fourth-order valence-electron chi connectivity index (χ4n) is 0. The average Bonchev–Trinajstić information content (AvgIpc) is 1.46. The van der Waals surface area contributed by atoms with E-state index in [4.69, 9.17) is 0 Å². The predicted molar refractivity (Wildman–Crippen MR) is 21.0 cm³/mol. The van der Waals surface area contributed by atoms with Gasteiger partial charge in [0.1, 0.15) is 0 Å². The second kappa shape index (κ2) is 2.85. The second-order valence-corrected chi connectivity index (χ2v) is 1.06. The Labute approximate surface area is 69.4 Å². The Kier molecular flexibility index (Phi) is 4.02. The van der Waals surface area contributed by atoms with E-state index in [9.17, 15) is 0 Å². The quantitative estimate of drug-likeness (QED) is 0.374. The van der Waals surface area contributed by atoms with Gasteiger partial charge in [0.25, 0.3) is 0 Å². The molecule has 0 spiro atoms. The summed E-state index contributed by atoms with van der Waals surface area (Å²) < 4.78 is 0. The zero-order valence-corrected chi connectivity index (χ0v) is 2.12.